The molecule has 1 aromatic rings. The predicted octanol–water partition coefficient (Wildman–Crippen LogP) is 2.62. The van der Waals surface area contributed by atoms with Crippen LogP contribution in [-0.4, -0.2) is 36.7 Å². The molecule has 21 heavy (non-hydrogen) atoms. The fraction of sp³-hybridized carbons (Fsp3) is 0.562. The average Bonchev–Trinajstić information content (AvgIpc) is 2.78. The summed E-state index contributed by atoms with van der Waals surface area (Å²) < 4.78 is 10.6. The van der Waals surface area contributed by atoms with Gasteiger partial charge in [0.25, 0.3) is 0 Å². The summed E-state index contributed by atoms with van der Waals surface area (Å²) in [5.74, 6) is 1.46. The highest BCUT2D eigenvalue weighted by atomic mass is 16.7. The summed E-state index contributed by atoms with van der Waals surface area (Å²) in [5, 5.41) is 2.97. The molecule has 0 saturated carbocycles. The molecule has 5 heteroatoms. The summed E-state index contributed by atoms with van der Waals surface area (Å²) in [6.07, 6.45) is 4.91. The van der Waals surface area contributed by atoms with E-state index >= 15 is 0 Å². The first-order valence-corrected chi connectivity index (χ1v) is 7.68. The number of carbonyl (C=O) groups excluding carboxylic acids is 1. The number of amides is 1. The number of hydrogen-bond donors (Lipinski definition) is 1. The van der Waals surface area contributed by atoms with Crippen LogP contribution in [0, 0.1) is 0 Å². The Morgan fingerprint density at radius 1 is 1.14 bits per heavy atom. The SMILES string of the molecule is CC(C(=O)Nc1ccc2c(c1)OCO2)N1CCCCCC1. The molecule has 114 valence electrons. The summed E-state index contributed by atoms with van der Waals surface area (Å²) >= 11 is 0. The smallest absolute Gasteiger partial charge is 0.241 e. The molecule has 2 aliphatic heterocycles. The number of ether oxygens (including phenoxy) is 2. The Morgan fingerprint density at radius 3 is 2.62 bits per heavy atom. The maximum atomic E-state index is 12.4. The molecule has 0 aliphatic carbocycles. The van der Waals surface area contributed by atoms with Gasteiger partial charge in [-0.25, -0.2) is 0 Å². The Balaban J connectivity index is 1.62. The molecule has 0 aromatic heterocycles. The van der Waals surface area contributed by atoms with E-state index < -0.39 is 0 Å². The Kier molecular flexibility index (Phi) is 4.29. The van der Waals surface area contributed by atoms with Gasteiger partial charge < -0.3 is 14.8 Å². The van der Waals surface area contributed by atoms with Crippen molar-refractivity contribution in [2.45, 2.75) is 38.6 Å². The van der Waals surface area contributed by atoms with E-state index in [1.165, 1.54) is 25.7 Å². The number of nitrogens with zero attached hydrogens (tertiary/aromatic N) is 1. The van der Waals surface area contributed by atoms with Crippen molar-refractivity contribution >= 4 is 11.6 Å². The van der Waals surface area contributed by atoms with Crippen LogP contribution in [0.2, 0.25) is 0 Å². The molecule has 5 nitrogen and oxygen atoms in total. The number of carbonyl (C=O) groups is 1. The highest BCUT2D eigenvalue weighted by Gasteiger charge is 2.22. The number of fused-ring (bicyclic) bond motifs is 1. The molecular formula is C16H22N2O3. The van der Waals surface area contributed by atoms with E-state index in [9.17, 15) is 4.79 Å². The lowest BCUT2D eigenvalue weighted by molar-refractivity contribution is -0.120. The topological polar surface area (TPSA) is 50.8 Å². The molecule has 1 fully saturated rings. The summed E-state index contributed by atoms with van der Waals surface area (Å²) in [5.41, 5.74) is 0.755. The first-order valence-electron chi connectivity index (χ1n) is 7.68. The monoisotopic (exact) mass is 290 g/mol. The van der Waals surface area contributed by atoms with Gasteiger partial charge in [-0.05, 0) is 45.0 Å². The second-order valence-corrected chi connectivity index (χ2v) is 5.68. The first-order chi connectivity index (χ1) is 10.2. The molecule has 0 spiro atoms. The second-order valence-electron chi connectivity index (χ2n) is 5.68. The molecule has 1 unspecified atom stereocenters. The van der Waals surface area contributed by atoms with Gasteiger partial charge in [-0.2, -0.15) is 0 Å². The van der Waals surface area contributed by atoms with Gasteiger partial charge in [0.1, 0.15) is 0 Å². The molecule has 3 rings (SSSR count). The van der Waals surface area contributed by atoms with Gasteiger partial charge in [-0.1, -0.05) is 12.8 Å². The zero-order valence-corrected chi connectivity index (χ0v) is 12.4. The first kappa shape index (κ1) is 14.2. The number of benzene rings is 1. The van der Waals surface area contributed by atoms with E-state index in [0.717, 1.165) is 24.5 Å². The van der Waals surface area contributed by atoms with Gasteiger partial charge in [0, 0.05) is 11.8 Å². The highest BCUT2D eigenvalue weighted by Crippen LogP contribution is 2.34. The molecule has 1 saturated heterocycles. The van der Waals surface area contributed by atoms with E-state index in [-0.39, 0.29) is 18.7 Å². The van der Waals surface area contributed by atoms with E-state index in [1.807, 2.05) is 25.1 Å². The minimum atomic E-state index is -0.103. The van der Waals surface area contributed by atoms with Crippen LogP contribution >= 0.6 is 0 Å². The third kappa shape index (κ3) is 3.29. The van der Waals surface area contributed by atoms with Crippen molar-refractivity contribution in [3.63, 3.8) is 0 Å². The number of hydrogen-bond acceptors (Lipinski definition) is 4. The second kappa shape index (κ2) is 6.35. The van der Waals surface area contributed by atoms with Crippen molar-refractivity contribution < 1.29 is 14.3 Å². The minimum Gasteiger partial charge on any atom is -0.454 e. The molecule has 1 atom stereocenters. The molecule has 0 bridgehead atoms. The number of nitrogens with one attached hydrogen (secondary N) is 1. The Labute approximate surface area is 125 Å². The molecule has 2 aliphatic rings. The van der Waals surface area contributed by atoms with Crippen molar-refractivity contribution in [1.29, 1.82) is 0 Å². The van der Waals surface area contributed by atoms with E-state index in [4.69, 9.17) is 9.47 Å². The van der Waals surface area contributed by atoms with Gasteiger partial charge in [-0.15, -0.1) is 0 Å². The predicted molar refractivity (Wildman–Crippen MR) is 80.7 cm³/mol. The van der Waals surface area contributed by atoms with E-state index in [2.05, 4.69) is 10.2 Å². The Morgan fingerprint density at radius 2 is 1.86 bits per heavy atom. The summed E-state index contributed by atoms with van der Waals surface area (Å²) in [6, 6.07) is 5.39. The maximum Gasteiger partial charge on any atom is 0.241 e. The van der Waals surface area contributed by atoms with Gasteiger partial charge >= 0.3 is 0 Å². The van der Waals surface area contributed by atoms with Crippen LogP contribution in [0.1, 0.15) is 32.6 Å². The molecule has 1 N–H and O–H groups in total. The van der Waals surface area contributed by atoms with Crippen molar-refractivity contribution in [3.05, 3.63) is 18.2 Å². The largest absolute Gasteiger partial charge is 0.454 e. The fourth-order valence-corrected chi connectivity index (χ4v) is 2.87. The lowest BCUT2D eigenvalue weighted by Gasteiger charge is -2.26. The van der Waals surface area contributed by atoms with Crippen molar-refractivity contribution in [3.8, 4) is 11.5 Å². The Hall–Kier alpha value is -1.75. The maximum absolute atomic E-state index is 12.4. The fourth-order valence-electron chi connectivity index (χ4n) is 2.87. The van der Waals surface area contributed by atoms with Crippen LogP contribution in [0.4, 0.5) is 5.69 Å². The summed E-state index contributed by atoms with van der Waals surface area (Å²) in [6.45, 7) is 4.25. The number of rotatable bonds is 3. The molecule has 0 radical (unpaired) electrons. The third-order valence-electron chi connectivity index (χ3n) is 4.21. The number of likely N-dealkylation sites (tertiary alicyclic amines) is 1. The van der Waals surface area contributed by atoms with Gasteiger partial charge in [0.2, 0.25) is 12.7 Å². The van der Waals surface area contributed by atoms with E-state index in [0.29, 0.717) is 5.75 Å². The molecule has 1 aromatic carbocycles. The van der Waals surface area contributed by atoms with Gasteiger partial charge in [0.15, 0.2) is 11.5 Å². The lowest BCUT2D eigenvalue weighted by atomic mass is 10.2. The van der Waals surface area contributed by atoms with E-state index in [1.54, 1.807) is 0 Å². The third-order valence-corrected chi connectivity index (χ3v) is 4.21. The highest BCUT2D eigenvalue weighted by molar-refractivity contribution is 5.94. The van der Waals surface area contributed by atoms with Gasteiger partial charge in [-0.3, -0.25) is 9.69 Å². The van der Waals surface area contributed by atoms with Crippen LogP contribution in [0.25, 0.3) is 0 Å². The zero-order valence-electron chi connectivity index (χ0n) is 12.4. The lowest BCUT2D eigenvalue weighted by Crippen LogP contribution is -2.42. The van der Waals surface area contributed by atoms with Crippen molar-refractivity contribution in [1.82, 2.24) is 4.90 Å². The van der Waals surface area contributed by atoms with Crippen LogP contribution in [0.3, 0.4) is 0 Å². The summed E-state index contributed by atoms with van der Waals surface area (Å²) in [7, 11) is 0. The Bertz CT molecular complexity index is 510. The molecular weight excluding hydrogens is 268 g/mol. The average molecular weight is 290 g/mol. The van der Waals surface area contributed by atoms with Crippen LogP contribution < -0.4 is 14.8 Å². The normalized spacial score (nSPS) is 19.9. The van der Waals surface area contributed by atoms with Gasteiger partial charge in [0.05, 0.1) is 6.04 Å². The van der Waals surface area contributed by atoms with Crippen molar-refractivity contribution in [2.24, 2.45) is 0 Å². The van der Waals surface area contributed by atoms with Crippen LogP contribution in [-0.2, 0) is 4.79 Å². The van der Waals surface area contributed by atoms with Crippen LogP contribution in [0.15, 0.2) is 18.2 Å². The molecule has 1 amide bonds. The van der Waals surface area contributed by atoms with Crippen LogP contribution in [0.5, 0.6) is 11.5 Å². The van der Waals surface area contributed by atoms with Crippen molar-refractivity contribution in [2.75, 3.05) is 25.2 Å². The number of anilines is 1. The zero-order chi connectivity index (χ0) is 14.7. The molecule has 2 heterocycles. The quantitative estimate of drug-likeness (QED) is 0.929. The summed E-state index contributed by atoms with van der Waals surface area (Å²) in [4.78, 5) is 14.7. The minimum absolute atomic E-state index is 0.0377. The standard InChI is InChI=1S/C16H22N2O3/c1-12(18-8-4-2-3-5-9-18)16(19)17-13-6-7-14-15(10-13)21-11-20-14/h6-7,10,12H,2-5,8-9,11H2,1H3,(H,17,19).